The van der Waals surface area contributed by atoms with Crippen LogP contribution in [0, 0.1) is 5.92 Å². The minimum Gasteiger partial charge on any atom is -0.379 e. The first kappa shape index (κ1) is 16.9. The van der Waals surface area contributed by atoms with E-state index < -0.39 is 0 Å². The van der Waals surface area contributed by atoms with Crippen molar-refractivity contribution in [3.8, 4) is 0 Å². The van der Waals surface area contributed by atoms with Crippen LogP contribution in [0.4, 0.5) is 0 Å². The standard InChI is InChI=1S/C18H25N3O3/c22-17(3-1-9-21-10-2-4-18(21)23)20-16-13-24-12-15(16)11-14-5-7-19-8-6-14/h5-8,15-16H,1-4,9-13H2,(H,20,22). The van der Waals surface area contributed by atoms with Gasteiger partial charge < -0.3 is 15.0 Å². The molecule has 2 saturated heterocycles. The lowest BCUT2D eigenvalue weighted by Gasteiger charge is -2.20. The van der Waals surface area contributed by atoms with Crippen molar-refractivity contribution in [2.24, 2.45) is 5.92 Å². The van der Waals surface area contributed by atoms with Crippen LogP contribution in [0.5, 0.6) is 0 Å². The molecule has 2 atom stereocenters. The first-order valence-electron chi connectivity index (χ1n) is 8.76. The first-order valence-corrected chi connectivity index (χ1v) is 8.76. The number of rotatable bonds is 7. The molecule has 2 amide bonds. The summed E-state index contributed by atoms with van der Waals surface area (Å²) in [5.74, 6) is 0.574. The van der Waals surface area contributed by atoms with Crippen LogP contribution in [-0.4, -0.2) is 54.0 Å². The number of pyridine rings is 1. The van der Waals surface area contributed by atoms with Crippen molar-refractivity contribution in [2.75, 3.05) is 26.3 Å². The molecule has 6 nitrogen and oxygen atoms in total. The van der Waals surface area contributed by atoms with Gasteiger partial charge in [-0.15, -0.1) is 0 Å². The number of likely N-dealkylation sites (tertiary alicyclic amines) is 1. The number of carbonyl (C=O) groups is 2. The van der Waals surface area contributed by atoms with Crippen LogP contribution in [-0.2, 0) is 20.7 Å². The van der Waals surface area contributed by atoms with E-state index in [0.29, 0.717) is 38.5 Å². The minimum absolute atomic E-state index is 0.0527. The van der Waals surface area contributed by atoms with Crippen LogP contribution >= 0.6 is 0 Å². The Morgan fingerprint density at radius 3 is 2.92 bits per heavy atom. The van der Waals surface area contributed by atoms with Crippen LogP contribution in [0.1, 0.15) is 31.2 Å². The Hall–Kier alpha value is -1.95. The highest BCUT2D eigenvalue weighted by Crippen LogP contribution is 2.19. The summed E-state index contributed by atoms with van der Waals surface area (Å²) in [4.78, 5) is 29.6. The molecule has 1 aromatic rings. The van der Waals surface area contributed by atoms with Crippen molar-refractivity contribution in [2.45, 2.75) is 38.1 Å². The molecule has 6 heteroatoms. The van der Waals surface area contributed by atoms with Crippen molar-refractivity contribution in [3.63, 3.8) is 0 Å². The number of carbonyl (C=O) groups excluding carboxylic acids is 2. The number of amides is 2. The van der Waals surface area contributed by atoms with Gasteiger partial charge in [-0.2, -0.15) is 0 Å². The van der Waals surface area contributed by atoms with E-state index in [9.17, 15) is 9.59 Å². The molecule has 2 aliphatic heterocycles. The fraction of sp³-hybridized carbons (Fsp3) is 0.611. The molecule has 0 saturated carbocycles. The van der Waals surface area contributed by atoms with Gasteiger partial charge >= 0.3 is 0 Å². The summed E-state index contributed by atoms with van der Waals surface area (Å²) in [6, 6.07) is 4.08. The summed E-state index contributed by atoms with van der Waals surface area (Å²) in [7, 11) is 0. The second kappa shape index (κ2) is 8.24. The topological polar surface area (TPSA) is 71.5 Å². The van der Waals surface area contributed by atoms with Crippen molar-refractivity contribution in [3.05, 3.63) is 30.1 Å². The fourth-order valence-electron chi connectivity index (χ4n) is 3.43. The third kappa shape index (κ3) is 4.54. The van der Waals surface area contributed by atoms with Gasteiger partial charge in [0.25, 0.3) is 0 Å². The number of ether oxygens (including phenoxy) is 1. The molecule has 3 rings (SSSR count). The Kier molecular flexibility index (Phi) is 5.80. The molecule has 0 radical (unpaired) electrons. The molecule has 1 aromatic heterocycles. The number of nitrogens with zero attached hydrogens (tertiary/aromatic N) is 2. The summed E-state index contributed by atoms with van der Waals surface area (Å²) >= 11 is 0. The summed E-state index contributed by atoms with van der Waals surface area (Å²) in [5.41, 5.74) is 1.22. The van der Waals surface area contributed by atoms with E-state index in [0.717, 1.165) is 25.8 Å². The number of nitrogens with one attached hydrogen (secondary N) is 1. The van der Waals surface area contributed by atoms with Gasteiger partial charge in [0.05, 0.1) is 19.3 Å². The number of hydrogen-bond acceptors (Lipinski definition) is 4. The van der Waals surface area contributed by atoms with Crippen molar-refractivity contribution < 1.29 is 14.3 Å². The van der Waals surface area contributed by atoms with Gasteiger partial charge in [0, 0.05) is 44.2 Å². The second-order valence-corrected chi connectivity index (χ2v) is 6.62. The first-order chi connectivity index (χ1) is 11.7. The Morgan fingerprint density at radius 1 is 1.33 bits per heavy atom. The highest BCUT2D eigenvalue weighted by atomic mass is 16.5. The Balaban J connectivity index is 1.40. The summed E-state index contributed by atoms with van der Waals surface area (Å²) in [5, 5.41) is 3.10. The Bertz CT molecular complexity index is 564. The molecule has 2 unspecified atom stereocenters. The highest BCUT2D eigenvalue weighted by molar-refractivity contribution is 5.78. The molecule has 1 N–H and O–H groups in total. The van der Waals surface area contributed by atoms with Crippen LogP contribution in [0.3, 0.4) is 0 Å². The average molecular weight is 331 g/mol. The molecule has 0 bridgehead atoms. The van der Waals surface area contributed by atoms with Gasteiger partial charge in [0.1, 0.15) is 0 Å². The quantitative estimate of drug-likeness (QED) is 0.814. The van der Waals surface area contributed by atoms with Gasteiger partial charge in [-0.3, -0.25) is 14.6 Å². The lowest BCUT2D eigenvalue weighted by atomic mass is 9.95. The maximum Gasteiger partial charge on any atom is 0.222 e. The van der Waals surface area contributed by atoms with E-state index in [1.54, 1.807) is 12.4 Å². The van der Waals surface area contributed by atoms with Crippen LogP contribution in [0.15, 0.2) is 24.5 Å². The van der Waals surface area contributed by atoms with Crippen LogP contribution in [0.25, 0.3) is 0 Å². The maximum atomic E-state index is 12.2. The zero-order valence-corrected chi connectivity index (χ0v) is 13.9. The minimum atomic E-state index is 0.0527. The molecule has 24 heavy (non-hydrogen) atoms. The molecular weight excluding hydrogens is 306 g/mol. The monoisotopic (exact) mass is 331 g/mol. The Morgan fingerprint density at radius 2 is 2.17 bits per heavy atom. The Labute approximate surface area is 142 Å². The molecule has 3 heterocycles. The molecule has 0 aromatic carbocycles. The molecular formula is C18H25N3O3. The SMILES string of the molecule is O=C(CCCN1CCCC1=O)NC1COCC1Cc1ccncc1. The van der Waals surface area contributed by atoms with E-state index in [1.165, 1.54) is 5.56 Å². The van der Waals surface area contributed by atoms with E-state index >= 15 is 0 Å². The van der Waals surface area contributed by atoms with Crippen LogP contribution < -0.4 is 5.32 Å². The molecule has 2 fully saturated rings. The predicted molar refractivity (Wildman–Crippen MR) is 89.2 cm³/mol. The predicted octanol–water partition coefficient (Wildman–Crippen LogP) is 1.16. The van der Waals surface area contributed by atoms with Gasteiger partial charge in [0.2, 0.25) is 11.8 Å². The van der Waals surface area contributed by atoms with Gasteiger partial charge in [-0.25, -0.2) is 0 Å². The van der Waals surface area contributed by atoms with E-state index in [2.05, 4.69) is 10.3 Å². The molecule has 0 spiro atoms. The zero-order chi connectivity index (χ0) is 16.8. The summed E-state index contributed by atoms with van der Waals surface area (Å²) < 4.78 is 5.56. The summed E-state index contributed by atoms with van der Waals surface area (Å²) in [6.45, 7) is 2.78. The third-order valence-corrected chi connectivity index (χ3v) is 4.80. The molecule has 0 aliphatic carbocycles. The fourth-order valence-corrected chi connectivity index (χ4v) is 3.43. The van der Waals surface area contributed by atoms with Crippen LogP contribution in [0.2, 0.25) is 0 Å². The van der Waals surface area contributed by atoms with Gasteiger partial charge in [-0.05, 0) is 37.0 Å². The number of aromatic nitrogens is 1. The second-order valence-electron chi connectivity index (χ2n) is 6.62. The average Bonchev–Trinajstić information content (AvgIpc) is 3.18. The van der Waals surface area contributed by atoms with Gasteiger partial charge in [-0.1, -0.05) is 0 Å². The molecule has 130 valence electrons. The van der Waals surface area contributed by atoms with Crippen molar-refractivity contribution in [1.82, 2.24) is 15.2 Å². The van der Waals surface area contributed by atoms with Crippen molar-refractivity contribution in [1.29, 1.82) is 0 Å². The lowest BCUT2D eigenvalue weighted by molar-refractivity contribution is -0.128. The van der Waals surface area contributed by atoms with E-state index in [1.807, 2.05) is 17.0 Å². The molecule has 2 aliphatic rings. The van der Waals surface area contributed by atoms with Crippen molar-refractivity contribution >= 4 is 11.8 Å². The van der Waals surface area contributed by atoms with Gasteiger partial charge in [0.15, 0.2) is 0 Å². The number of hydrogen-bond donors (Lipinski definition) is 1. The highest BCUT2D eigenvalue weighted by Gasteiger charge is 2.29. The smallest absolute Gasteiger partial charge is 0.222 e. The zero-order valence-electron chi connectivity index (χ0n) is 13.9. The summed E-state index contributed by atoms with van der Waals surface area (Å²) in [6.07, 6.45) is 7.25. The van der Waals surface area contributed by atoms with E-state index in [4.69, 9.17) is 4.74 Å². The maximum absolute atomic E-state index is 12.2. The lowest BCUT2D eigenvalue weighted by Crippen LogP contribution is -2.40. The third-order valence-electron chi connectivity index (χ3n) is 4.80. The van der Waals surface area contributed by atoms with E-state index in [-0.39, 0.29) is 17.9 Å². The normalized spacial score (nSPS) is 23.7. The largest absolute Gasteiger partial charge is 0.379 e.